The van der Waals surface area contributed by atoms with Gasteiger partial charge in [-0.15, -0.1) is 11.3 Å². The second kappa shape index (κ2) is 3.85. The van der Waals surface area contributed by atoms with Crippen LogP contribution in [0.3, 0.4) is 0 Å². The number of halogens is 1. The van der Waals surface area contributed by atoms with Gasteiger partial charge in [0.15, 0.2) is 0 Å². The normalized spacial score (nSPS) is 10.4. The van der Waals surface area contributed by atoms with Crippen molar-refractivity contribution in [3.05, 3.63) is 32.2 Å². The average molecular weight is 315 g/mol. The number of fused-ring (bicyclic) bond motifs is 1. The second-order valence-corrected chi connectivity index (χ2v) is 5.78. The van der Waals surface area contributed by atoms with E-state index in [1.54, 1.807) is 17.4 Å². The number of nitrogens with zero attached hydrogens (tertiary/aromatic N) is 1. The molecule has 0 aliphatic rings. The summed E-state index contributed by atoms with van der Waals surface area (Å²) >= 11 is 3.83. The van der Waals surface area contributed by atoms with Gasteiger partial charge in [-0.05, 0) is 40.3 Å². The lowest BCUT2D eigenvalue weighted by atomic mass is 10.1. The molecule has 2 nitrogen and oxygen atoms in total. The molecule has 2 aromatic rings. The van der Waals surface area contributed by atoms with E-state index < -0.39 is 0 Å². The molecule has 0 aliphatic carbocycles. The number of hydrogen-bond acceptors (Lipinski definition) is 3. The van der Waals surface area contributed by atoms with E-state index in [9.17, 15) is 0 Å². The summed E-state index contributed by atoms with van der Waals surface area (Å²) in [5.41, 5.74) is 1.57. The standard InChI is InChI=1S/C10H6INOS/c11-9-3-8-6(4-12)1-2-7(5-13)10(8)14-9/h1-3,13H,5H2. The Bertz CT molecular complexity index is 527. The number of benzene rings is 1. The largest absolute Gasteiger partial charge is 0.392 e. The summed E-state index contributed by atoms with van der Waals surface area (Å²) in [5.74, 6) is 0. The first-order valence-corrected chi connectivity index (χ1v) is 5.87. The van der Waals surface area contributed by atoms with Crippen molar-refractivity contribution in [2.24, 2.45) is 0 Å². The van der Waals surface area contributed by atoms with Gasteiger partial charge in [0.25, 0.3) is 0 Å². The maximum Gasteiger partial charge on any atom is 0.0998 e. The van der Waals surface area contributed by atoms with Gasteiger partial charge in [-0.1, -0.05) is 6.07 Å². The molecular weight excluding hydrogens is 309 g/mol. The van der Waals surface area contributed by atoms with Crippen LogP contribution in [0.2, 0.25) is 0 Å². The molecule has 0 saturated carbocycles. The zero-order valence-corrected chi connectivity index (χ0v) is 10.1. The monoisotopic (exact) mass is 315 g/mol. The molecule has 0 saturated heterocycles. The van der Waals surface area contributed by atoms with Crippen LogP contribution in [0, 0.1) is 14.2 Å². The highest BCUT2D eigenvalue weighted by atomic mass is 127. The number of hydrogen-bond donors (Lipinski definition) is 1. The molecule has 0 atom stereocenters. The maximum atomic E-state index is 9.13. The number of rotatable bonds is 1. The van der Waals surface area contributed by atoms with Crippen LogP contribution in [0.15, 0.2) is 18.2 Å². The molecule has 0 fully saturated rings. The molecule has 1 aromatic heterocycles. The zero-order valence-electron chi connectivity index (χ0n) is 7.12. The molecule has 2 rings (SSSR count). The molecule has 1 aromatic carbocycles. The zero-order chi connectivity index (χ0) is 10.1. The highest BCUT2D eigenvalue weighted by Crippen LogP contribution is 2.32. The summed E-state index contributed by atoms with van der Waals surface area (Å²) in [7, 11) is 0. The Balaban J connectivity index is 2.86. The minimum atomic E-state index is 0.0266. The fraction of sp³-hybridized carbons (Fsp3) is 0.100. The Morgan fingerprint density at radius 3 is 2.93 bits per heavy atom. The summed E-state index contributed by atoms with van der Waals surface area (Å²) in [6.07, 6.45) is 0. The van der Waals surface area contributed by atoms with Crippen LogP contribution in [0.5, 0.6) is 0 Å². The van der Waals surface area contributed by atoms with E-state index in [-0.39, 0.29) is 6.61 Å². The lowest BCUT2D eigenvalue weighted by Crippen LogP contribution is -1.84. The fourth-order valence-corrected chi connectivity index (χ4v) is 3.26. The number of aliphatic hydroxyl groups is 1. The number of thiophene rings is 1. The van der Waals surface area contributed by atoms with Gasteiger partial charge in [0.1, 0.15) is 0 Å². The first-order valence-electron chi connectivity index (χ1n) is 3.98. The van der Waals surface area contributed by atoms with E-state index in [1.807, 2.05) is 12.1 Å². The summed E-state index contributed by atoms with van der Waals surface area (Å²) in [6.45, 7) is 0.0266. The lowest BCUT2D eigenvalue weighted by Gasteiger charge is -1.98. The van der Waals surface area contributed by atoms with Crippen LogP contribution < -0.4 is 0 Å². The molecule has 1 heterocycles. The van der Waals surface area contributed by atoms with E-state index in [1.165, 1.54) is 0 Å². The highest BCUT2D eigenvalue weighted by molar-refractivity contribution is 14.1. The van der Waals surface area contributed by atoms with Crippen molar-refractivity contribution < 1.29 is 5.11 Å². The van der Waals surface area contributed by atoms with E-state index in [2.05, 4.69) is 28.7 Å². The summed E-state index contributed by atoms with van der Waals surface area (Å²) in [5, 5.41) is 19.0. The Hall–Kier alpha value is -0.640. The molecule has 1 N–H and O–H groups in total. The van der Waals surface area contributed by atoms with Gasteiger partial charge in [0.2, 0.25) is 0 Å². The molecule has 0 spiro atoms. The minimum Gasteiger partial charge on any atom is -0.392 e. The molecule has 0 bridgehead atoms. The molecule has 70 valence electrons. The van der Waals surface area contributed by atoms with Gasteiger partial charge in [-0.25, -0.2) is 0 Å². The SMILES string of the molecule is N#Cc1ccc(CO)c2sc(I)cc12. The van der Waals surface area contributed by atoms with Crippen molar-refractivity contribution in [2.75, 3.05) is 0 Å². The Morgan fingerprint density at radius 1 is 1.50 bits per heavy atom. The fourth-order valence-electron chi connectivity index (χ4n) is 1.37. The number of aliphatic hydroxyl groups excluding tert-OH is 1. The predicted octanol–water partition coefficient (Wildman–Crippen LogP) is 2.87. The van der Waals surface area contributed by atoms with Crippen LogP contribution in [0.4, 0.5) is 0 Å². The molecule has 0 radical (unpaired) electrons. The van der Waals surface area contributed by atoms with Gasteiger partial charge >= 0.3 is 0 Å². The highest BCUT2D eigenvalue weighted by Gasteiger charge is 2.08. The molecule has 0 aliphatic heterocycles. The molecule has 14 heavy (non-hydrogen) atoms. The Kier molecular flexibility index (Phi) is 2.72. The maximum absolute atomic E-state index is 9.13. The summed E-state index contributed by atoms with van der Waals surface area (Å²) < 4.78 is 2.16. The average Bonchev–Trinajstić information content (AvgIpc) is 2.57. The van der Waals surface area contributed by atoms with Gasteiger partial charge in [0, 0.05) is 10.1 Å². The third kappa shape index (κ3) is 1.52. The molecule has 0 amide bonds. The van der Waals surface area contributed by atoms with Crippen molar-refractivity contribution in [1.29, 1.82) is 5.26 Å². The molecule has 4 heteroatoms. The third-order valence-corrected chi connectivity index (χ3v) is 4.00. The van der Waals surface area contributed by atoms with Crippen molar-refractivity contribution in [3.63, 3.8) is 0 Å². The minimum absolute atomic E-state index is 0.0266. The van der Waals surface area contributed by atoms with Crippen molar-refractivity contribution in [3.8, 4) is 6.07 Å². The lowest BCUT2D eigenvalue weighted by molar-refractivity contribution is 0.283. The van der Waals surface area contributed by atoms with Crippen molar-refractivity contribution >= 4 is 44.0 Å². The van der Waals surface area contributed by atoms with Gasteiger partial charge in [-0.2, -0.15) is 5.26 Å². The van der Waals surface area contributed by atoms with E-state index in [4.69, 9.17) is 10.4 Å². The van der Waals surface area contributed by atoms with Crippen LogP contribution >= 0.6 is 33.9 Å². The van der Waals surface area contributed by atoms with Crippen LogP contribution in [-0.4, -0.2) is 5.11 Å². The second-order valence-electron chi connectivity index (χ2n) is 2.84. The first kappa shape index (κ1) is 9.90. The molecular formula is C10H6INOS. The van der Waals surface area contributed by atoms with Gasteiger partial charge in [0.05, 0.1) is 21.1 Å². The van der Waals surface area contributed by atoms with Crippen molar-refractivity contribution in [1.82, 2.24) is 0 Å². The summed E-state index contributed by atoms with van der Waals surface area (Å²) in [4.78, 5) is 0. The first-order chi connectivity index (χ1) is 6.76. The van der Waals surface area contributed by atoms with Crippen LogP contribution in [0.1, 0.15) is 11.1 Å². The quantitative estimate of drug-likeness (QED) is 0.823. The van der Waals surface area contributed by atoms with E-state index in [0.717, 1.165) is 18.5 Å². The Morgan fingerprint density at radius 2 is 2.29 bits per heavy atom. The smallest absolute Gasteiger partial charge is 0.0998 e. The number of nitriles is 1. The van der Waals surface area contributed by atoms with Gasteiger partial charge < -0.3 is 5.11 Å². The topological polar surface area (TPSA) is 44.0 Å². The third-order valence-electron chi connectivity index (χ3n) is 2.03. The predicted molar refractivity (Wildman–Crippen MR) is 65.2 cm³/mol. The summed E-state index contributed by atoms with van der Waals surface area (Å²) in [6, 6.07) is 7.71. The van der Waals surface area contributed by atoms with E-state index in [0.29, 0.717) is 5.56 Å². The van der Waals surface area contributed by atoms with Gasteiger partial charge in [-0.3, -0.25) is 0 Å². The Labute approximate surface area is 98.9 Å². The molecule has 0 unspecified atom stereocenters. The van der Waals surface area contributed by atoms with Crippen LogP contribution in [0.25, 0.3) is 10.1 Å². The van der Waals surface area contributed by atoms with Crippen LogP contribution in [-0.2, 0) is 6.61 Å². The van der Waals surface area contributed by atoms with E-state index >= 15 is 0 Å². The van der Waals surface area contributed by atoms with Crippen molar-refractivity contribution in [2.45, 2.75) is 6.61 Å².